The van der Waals surface area contributed by atoms with Crippen molar-refractivity contribution < 1.29 is 33.3 Å². The van der Waals surface area contributed by atoms with Crippen LogP contribution in [0.15, 0.2) is 48.5 Å². The van der Waals surface area contributed by atoms with E-state index in [0.717, 1.165) is 12.8 Å². The Balaban J connectivity index is 1.64. The molecule has 0 aromatic heterocycles. The van der Waals surface area contributed by atoms with Crippen molar-refractivity contribution in [3.8, 4) is 5.75 Å². The van der Waals surface area contributed by atoms with Crippen LogP contribution in [0.25, 0.3) is 0 Å². The molecule has 2 aromatic carbocycles. The van der Waals surface area contributed by atoms with Crippen LogP contribution >= 0.6 is 0 Å². The molecule has 0 bridgehead atoms. The van der Waals surface area contributed by atoms with Crippen molar-refractivity contribution in [1.82, 2.24) is 0 Å². The molecule has 7 heteroatoms. The second-order valence-corrected chi connectivity index (χ2v) is 6.22. The van der Waals surface area contributed by atoms with E-state index in [1.165, 1.54) is 31.4 Å². The molecule has 0 spiro atoms. The summed E-state index contributed by atoms with van der Waals surface area (Å²) in [6.07, 6.45) is 1.77. The highest BCUT2D eigenvalue weighted by atomic mass is 16.6. The molecule has 1 saturated heterocycles. The molecule has 2 aromatic rings. The second kappa shape index (κ2) is 9.14. The first-order valence-corrected chi connectivity index (χ1v) is 8.86. The normalized spacial score (nSPS) is 15.7. The number of rotatable bonds is 6. The number of hydrogen-bond donors (Lipinski definition) is 0. The summed E-state index contributed by atoms with van der Waals surface area (Å²) >= 11 is 0. The molecule has 0 N–H and O–H groups in total. The Hall–Kier alpha value is -3.19. The van der Waals surface area contributed by atoms with Gasteiger partial charge in [0.25, 0.3) is 0 Å². The zero-order chi connectivity index (χ0) is 19.9. The van der Waals surface area contributed by atoms with Crippen LogP contribution in [0.5, 0.6) is 5.75 Å². The fourth-order valence-corrected chi connectivity index (χ4v) is 2.77. The lowest BCUT2D eigenvalue weighted by Crippen LogP contribution is -2.18. The maximum atomic E-state index is 12.4. The van der Waals surface area contributed by atoms with Gasteiger partial charge >= 0.3 is 17.9 Å². The highest BCUT2D eigenvalue weighted by molar-refractivity contribution is 5.96. The van der Waals surface area contributed by atoms with Crippen molar-refractivity contribution in [1.29, 1.82) is 0 Å². The third kappa shape index (κ3) is 4.95. The molecule has 1 atom stereocenters. The Morgan fingerprint density at radius 3 is 2.32 bits per heavy atom. The number of methoxy groups -OCH3 is 1. The van der Waals surface area contributed by atoms with Crippen LogP contribution in [0.3, 0.4) is 0 Å². The summed E-state index contributed by atoms with van der Waals surface area (Å²) in [5, 5.41) is 0. The van der Waals surface area contributed by atoms with Crippen molar-refractivity contribution in [3.63, 3.8) is 0 Å². The van der Waals surface area contributed by atoms with Crippen LogP contribution in [0.2, 0.25) is 0 Å². The number of esters is 3. The average molecular weight is 384 g/mol. The van der Waals surface area contributed by atoms with Crippen LogP contribution in [0, 0.1) is 0 Å². The monoisotopic (exact) mass is 384 g/mol. The first-order chi connectivity index (χ1) is 13.6. The lowest BCUT2D eigenvalue weighted by Gasteiger charge is -2.11. The minimum atomic E-state index is -0.657. The van der Waals surface area contributed by atoms with Crippen LogP contribution in [-0.4, -0.2) is 44.3 Å². The van der Waals surface area contributed by atoms with Crippen molar-refractivity contribution in [2.24, 2.45) is 0 Å². The maximum Gasteiger partial charge on any atom is 0.343 e. The van der Waals surface area contributed by atoms with E-state index in [9.17, 15) is 14.4 Å². The minimum absolute atomic E-state index is 0.0629. The summed E-state index contributed by atoms with van der Waals surface area (Å²) in [4.78, 5) is 36.1. The van der Waals surface area contributed by atoms with E-state index in [-0.39, 0.29) is 35.2 Å². The van der Waals surface area contributed by atoms with E-state index in [4.69, 9.17) is 14.2 Å². The minimum Gasteiger partial charge on any atom is -0.465 e. The quantitative estimate of drug-likeness (QED) is 0.559. The molecule has 1 unspecified atom stereocenters. The summed E-state index contributed by atoms with van der Waals surface area (Å²) in [5.74, 6) is -1.53. The Kier molecular flexibility index (Phi) is 6.39. The van der Waals surface area contributed by atoms with Gasteiger partial charge in [-0.3, -0.25) is 0 Å². The summed E-state index contributed by atoms with van der Waals surface area (Å²) in [6.45, 7) is 0.883. The molecule has 28 heavy (non-hydrogen) atoms. The molecular weight excluding hydrogens is 364 g/mol. The average Bonchev–Trinajstić information content (AvgIpc) is 3.25. The fraction of sp³-hybridized carbons (Fsp3) is 0.286. The number of carbonyl (C=O) groups is 3. The van der Waals surface area contributed by atoms with Gasteiger partial charge in [0.15, 0.2) is 0 Å². The third-order valence-corrected chi connectivity index (χ3v) is 4.22. The Labute approximate surface area is 162 Å². The summed E-state index contributed by atoms with van der Waals surface area (Å²) < 4.78 is 20.6. The number of carbonyl (C=O) groups excluding carboxylic acids is 3. The van der Waals surface area contributed by atoms with Crippen molar-refractivity contribution in [3.05, 3.63) is 65.2 Å². The van der Waals surface area contributed by atoms with Gasteiger partial charge in [-0.1, -0.05) is 12.1 Å². The van der Waals surface area contributed by atoms with Crippen molar-refractivity contribution >= 4 is 17.9 Å². The van der Waals surface area contributed by atoms with Crippen LogP contribution in [-0.2, 0) is 14.2 Å². The molecule has 0 amide bonds. The molecule has 146 valence electrons. The molecule has 0 saturated carbocycles. The molecule has 1 heterocycles. The van der Waals surface area contributed by atoms with E-state index >= 15 is 0 Å². The second-order valence-electron chi connectivity index (χ2n) is 6.22. The predicted octanol–water partition coefficient (Wildman–Crippen LogP) is 3.03. The third-order valence-electron chi connectivity index (χ3n) is 4.22. The Morgan fingerprint density at radius 2 is 1.64 bits per heavy atom. The summed E-state index contributed by atoms with van der Waals surface area (Å²) in [7, 11) is 1.26. The largest absolute Gasteiger partial charge is 0.465 e. The number of benzene rings is 2. The van der Waals surface area contributed by atoms with Gasteiger partial charge in [-0.25, -0.2) is 14.4 Å². The van der Waals surface area contributed by atoms with E-state index in [1.54, 1.807) is 24.3 Å². The maximum absolute atomic E-state index is 12.4. The highest BCUT2D eigenvalue weighted by Gasteiger charge is 2.19. The van der Waals surface area contributed by atoms with Crippen molar-refractivity contribution in [2.75, 3.05) is 20.3 Å². The lowest BCUT2D eigenvalue weighted by molar-refractivity contribution is 0.0161. The van der Waals surface area contributed by atoms with Gasteiger partial charge in [-0.15, -0.1) is 0 Å². The zero-order valence-corrected chi connectivity index (χ0v) is 15.4. The summed E-state index contributed by atoms with van der Waals surface area (Å²) in [6, 6.07) is 12.2. The number of hydrogen-bond acceptors (Lipinski definition) is 7. The van der Waals surface area contributed by atoms with Gasteiger partial charge in [-0.2, -0.15) is 0 Å². The lowest BCUT2D eigenvalue weighted by atomic mass is 10.1. The first-order valence-electron chi connectivity index (χ1n) is 8.86. The SMILES string of the molecule is COC(=O)c1cccc(C(=O)Oc2cccc(C(=O)OCC3CCCO3)c2)c1. The Morgan fingerprint density at radius 1 is 0.964 bits per heavy atom. The molecule has 3 rings (SSSR count). The topological polar surface area (TPSA) is 88.1 Å². The first kappa shape index (κ1) is 19.6. The fourth-order valence-electron chi connectivity index (χ4n) is 2.77. The van der Waals surface area contributed by atoms with Crippen LogP contribution in [0.1, 0.15) is 43.9 Å². The van der Waals surface area contributed by atoms with Gasteiger partial charge in [0.05, 0.1) is 29.9 Å². The molecule has 1 fully saturated rings. The standard InChI is InChI=1S/C21H20O7/c1-25-19(22)14-5-2-6-15(11-14)21(24)28-17-8-3-7-16(12-17)20(23)27-13-18-9-4-10-26-18/h2-3,5-8,11-12,18H,4,9-10,13H2,1H3. The molecular formula is C21H20O7. The smallest absolute Gasteiger partial charge is 0.343 e. The molecule has 7 nitrogen and oxygen atoms in total. The van der Waals surface area contributed by atoms with Crippen LogP contribution in [0.4, 0.5) is 0 Å². The van der Waals surface area contributed by atoms with Gasteiger partial charge < -0.3 is 18.9 Å². The predicted molar refractivity (Wildman–Crippen MR) is 98.4 cm³/mol. The molecule has 1 aliphatic rings. The Bertz CT molecular complexity index is 869. The number of ether oxygens (including phenoxy) is 4. The molecule has 0 aliphatic carbocycles. The van der Waals surface area contributed by atoms with E-state index in [2.05, 4.69) is 4.74 Å². The zero-order valence-electron chi connectivity index (χ0n) is 15.4. The van der Waals surface area contributed by atoms with E-state index < -0.39 is 17.9 Å². The van der Waals surface area contributed by atoms with E-state index in [1.807, 2.05) is 0 Å². The molecule has 0 radical (unpaired) electrons. The van der Waals surface area contributed by atoms with Crippen LogP contribution < -0.4 is 4.74 Å². The van der Waals surface area contributed by atoms with Crippen molar-refractivity contribution in [2.45, 2.75) is 18.9 Å². The summed E-state index contributed by atoms with van der Waals surface area (Å²) in [5.41, 5.74) is 0.698. The highest BCUT2D eigenvalue weighted by Crippen LogP contribution is 2.18. The van der Waals surface area contributed by atoms with Gasteiger partial charge in [0.1, 0.15) is 12.4 Å². The van der Waals surface area contributed by atoms with E-state index in [0.29, 0.717) is 6.61 Å². The molecule has 1 aliphatic heterocycles. The van der Waals surface area contributed by atoms with Gasteiger partial charge in [0.2, 0.25) is 0 Å². The van der Waals surface area contributed by atoms with Gasteiger partial charge in [-0.05, 0) is 49.2 Å². The van der Waals surface area contributed by atoms with Gasteiger partial charge in [0, 0.05) is 6.61 Å².